The van der Waals surface area contributed by atoms with E-state index in [4.69, 9.17) is 0 Å². The molecule has 1 aromatic rings. The maximum atomic E-state index is 11.5. The summed E-state index contributed by atoms with van der Waals surface area (Å²) >= 11 is 0. The van der Waals surface area contributed by atoms with Crippen LogP contribution in [0.4, 0.5) is 0 Å². The maximum absolute atomic E-state index is 11.5. The van der Waals surface area contributed by atoms with Gasteiger partial charge in [0.15, 0.2) is 0 Å². The first-order valence-corrected chi connectivity index (χ1v) is 6.09. The quantitative estimate of drug-likeness (QED) is 0.740. The Morgan fingerprint density at radius 1 is 1.06 bits per heavy atom. The van der Waals surface area contributed by atoms with Gasteiger partial charge in [0.05, 0.1) is 0 Å². The normalized spacial score (nSPS) is 11.7. The molecule has 0 fully saturated rings. The van der Waals surface area contributed by atoms with Crippen molar-refractivity contribution in [2.24, 2.45) is 5.92 Å². The van der Waals surface area contributed by atoms with Crippen LogP contribution in [0.3, 0.4) is 0 Å². The van der Waals surface area contributed by atoms with Gasteiger partial charge >= 0.3 is 0 Å². The highest BCUT2D eigenvalue weighted by Crippen LogP contribution is 2.25. The van der Waals surface area contributed by atoms with E-state index < -0.39 is 0 Å². The number of hydrogen-bond acceptors (Lipinski definition) is 1. The van der Waals surface area contributed by atoms with Gasteiger partial charge in [-0.3, -0.25) is 4.79 Å². The molecule has 0 aromatic heterocycles. The van der Waals surface area contributed by atoms with Crippen molar-refractivity contribution in [3.8, 4) is 0 Å². The molecule has 1 heteroatoms. The zero-order chi connectivity index (χ0) is 12.7. The van der Waals surface area contributed by atoms with Gasteiger partial charge in [0.2, 0.25) is 0 Å². The Labute approximate surface area is 99.9 Å². The molecule has 0 saturated carbocycles. The minimum atomic E-state index is 0.0515. The van der Waals surface area contributed by atoms with E-state index in [1.54, 1.807) is 6.92 Å². The Morgan fingerprint density at radius 2 is 1.50 bits per heavy atom. The summed E-state index contributed by atoms with van der Waals surface area (Å²) in [5, 5.41) is 0. The molecule has 1 nitrogen and oxygen atoms in total. The molecule has 0 saturated heterocycles. The van der Waals surface area contributed by atoms with Crippen LogP contribution in [-0.4, -0.2) is 5.78 Å². The maximum Gasteiger partial charge on any atom is 0.137 e. The number of benzene rings is 1. The van der Waals surface area contributed by atoms with Crippen molar-refractivity contribution in [1.29, 1.82) is 0 Å². The van der Waals surface area contributed by atoms with Gasteiger partial charge in [0.25, 0.3) is 0 Å². The van der Waals surface area contributed by atoms with Crippen LogP contribution < -0.4 is 0 Å². The van der Waals surface area contributed by atoms with Crippen molar-refractivity contribution >= 4 is 5.78 Å². The van der Waals surface area contributed by atoms with Crippen LogP contribution in [0.2, 0.25) is 0 Å². The lowest BCUT2D eigenvalue weighted by Gasteiger charge is -2.18. The molecule has 0 amide bonds. The number of aryl methyl sites for hydroxylation is 1. The van der Waals surface area contributed by atoms with E-state index in [-0.39, 0.29) is 11.7 Å². The SMILES string of the molecule is CC.CC(=O)C(c1ccc(C)cc1)C(C)C. The van der Waals surface area contributed by atoms with E-state index >= 15 is 0 Å². The van der Waals surface area contributed by atoms with Gasteiger partial charge < -0.3 is 0 Å². The van der Waals surface area contributed by atoms with E-state index in [1.165, 1.54) is 5.56 Å². The molecule has 0 N–H and O–H groups in total. The molecular weight excluding hydrogens is 196 g/mol. The van der Waals surface area contributed by atoms with E-state index in [1.807, 2.05) is 13.8 Å². The van der Waals surface area contributed by atoms with Gasteiger partial charge in [0.1, 0.15) is 5.78 Å². The van der Waals surface area contributed by atoms with Crippen molar-refractivity contribution in [1.82, 2.24) is 0 Å². The predicted octanol–water partition coefficient (Wildman–Crippen LogP) is 4.35. The van der Waals surface area contributed by atoms with Crippen LogP contribution in [0.15, 0.2) is 24.3 Å². The summed E-state index contributed by atoms with van der Waals surface area (Å²) < 4.78 is 0. The predicted molar refractivity (Wildman–Crippen MR) is 70.8 cm³/mol. The van der Waals surface area contributed by atoms with Crippen LogP contribution >= 0.6 is 0 Å². The lowest BCUT2D eigenvalue weighted by Crippen LogP contribution is -2.15. The molecule has 0 radical (unpaired) electrons. The van der Waals surface area contributed by atoms with E-state index in [0.29, 0.717) is 5.92 Å². The molecule has 90 valence electrons. The zero-order valence-corrected chi connectivity index (χ0v) is 11.4. The Bertz CT molecular complexity index is 309. The number of carbonyl (C=O) groups excluding carboxylic acids is 1. The Kier molecular flexibility index (Phi) is 6.71. The molecule has 0 heterocycles. The van der Waals surface area contributed by atoms with Crippen molar-refractivity contribution in [2.75, 3.05) is 0 Å². The summed E-state index contributed by atoms with van der Waals surface area (Å²) in [4.78, 5) is 11.5. The van der Waals surface area contributed by atoms with E-state index in [2.05, 4.69) is 45.0 Å². The van der Waals surface area contributed by atoms with Crippen LogP contribution in [0, 0.1) is 12.8 Å². The Balaban J connectivity index is 0.00000106. The molecule has 0 spiro atoms. The summed E-state index contributed by atoms with van der Waals surface area (Å²) in [6, 6.07) is 8.24. The number of Topliss-reactive ketones (excluding diaryl/α,β-unsaturated/α-hetero) is 1. The average molecular weight is 220 g/mol. The molecule has 1 unspecified atom stereocenters. The van der Waals surface area contributed by atoms with Crippen molar-refractivity contribution < 1.29 is 4.79 Å². The van der Waals surface area contributed by atoms with Crippen molar-refractivity contribution in [2.45, 2.75) is 47.5 Å². The molecule has 0 bridgehead atoms. The lowest BCUT2D eigenvalue weighted by molar-refractivity contribution is -0.119. The molecular formula is C15H24O. The smallest absolute Gasteiger partial charge is 0.137 e. The highest BCUT2D eigenvalue weighted by atomic mass is 16.1. The summed E-state index contributed by atoms with van der Waals surface area (Å²) in [6.45, 7) is 11.9. The molecule has 0 aliphatic rings. The monoisotopic (exact) mass is 220 g/mol. The Morgan fingerprint density at radius 3 is 1.81 bits per heavy atom. The van der Waals surface area contributed by atoms with Crippen LogP contribution in [0.5, 0.6) is 0 Å². The second kappa shape index (κ2) is 7.21. The molecule has 0 aliphatic carbocycles. The van der Waals surface area contributed by atoms with Crippen LogP contribution in [0.25, 0.3) is 0 Å². The first-order valence-electron chi connectivity index (χ1n) is 6.09. The minimum Gasteiger partial charge on any atom is -0.299 e. The van der Waals surface area contributed by atoms with Gasteiger partial charge in [-0.05, 0) is 25.3 Å². The molecule has 1 rings (SSSR count). The first-order chi connectivity index (χ1) is 7.52. The number of hydrogen-bond donors (Lipinski definition) is 0. The van der Waals surface area contributed by atoms with Gasteiger partial charge in [-0.1, -0.05) is 57.5 Å². The molecule has 0 aliphatic heterocycles. The first kappa shape index (κ1) is 14.9. The molecule has 16 heavy (non-hydrogen) atoms. The number of carbonyl (C=O) groups is 1. The second-order valence-electron chi connectivity index (χ2n) is 4.24. The van der Waals surface area contributed by atoms with Crippen LogP contribution in [-0.2, 0) is 4.79 Å². The minimum absolute atomic E-state index is 0.0515. The zero-order valence-electron chi connectivity index (χ0n) is 11.4. The third-order valence-electron chi connectivity index (χ3n) is 2.54. The fraction of sp³-hybridized carbons (Fsp3) is 0.533. The summed E-state index contributed by atoms with van der Waals surface area (Å²) in [7, 11) is 0. The highest BCUT2D eigenvalue weighted by molar-refractivity contribution is 5.83. The fourth-order valence-corrected chi connectivity index (χ4v) is 1.86. The lowest BCUT2D eigenvalue weighted by atomic mass is 9.85. The molecule has 1 atom stereocenters. The highest BCUT2D eigenvalue weighted by Gasteiger charge is 2.19. The van der Waals surface area contributed by atoms with E-state index in [0.717, 1.165) is 5.56 Å². The van der Waals surface area contributed by atoms with Gasteiger partial charge in [-0.15, -0.1) is 0 Å². The third kappa shape index (κ3) is 4.18. The number of rotatable bonds is 3. The third-order valence-corrected chi connectivity index (χ3v) is 2.54. The summed E-state index contributed by atoms with van der Waals surface area (Å²) in [5.74, 6) is 0.676. The molecule has 1 aromatic carbocycles. The second-order valence-corrected chi connectivity index (χ2v) is 4.24. The summed E-state index contributed by atoms with van der Waals surface area (Å²) in [5.41, 5.74) is 2.37. The topological polar surface area (TPSA) is 17.1 Å². The standard InChI is InChI=1S/C13H18O.C2H6/c1-9(2)13(11(4)14)12-7-5-10(3)6-8-12;1-2/h5-9,13H,1-4H3;1-2H3. The Hall–Kier alpha value is -1.11. The van der Waals surface area contributed by atoms with Gasteiger partial charge in [-0.25, -0.2) is 0 Å². The van der Waals surface area contributed by atoms with Gasteiger partial charge in [-0.2, -0.15) is 0 Å². The number of ketones is 1. The van der Waals surface area contributed by atoms with Gasteiger partial charge in [0, 0.05) is 5.92 Å². The largest absolute Gasteiger partial charge is 0.299 e. The van der Waals surface area contributed by atoms with Crippen LogP contribution in [0.1, 0.15) is 51.7 Å². The van der Waals surface area contributed by atoms with Crippen molar-refractivity contribution in [3.05, 3.63) is 35.4 Å². The van der Waals surface area contributed by atoms with E-state index in [9.17, 15) is 4.79 Å². The average Bonchev–Trinajstić information content (AvgIpc) is 2.23. The summed E-state index contributed by atoms with van der Waals surface area (Å²) in [6.07, 6.45) is 0. The van der Waals surface area contributed by atoms with Crippen molar-refractivity contribution in [3.63, 3.8) is 0 Å². The fourth-order valence-electron chi connectivity index (χ4n) is 1.86.